The highest BCUT2D eigenvalue weighted by Crippen LogP contribution is 2.32. The second-order valence-corrected chi connectivity index (χ2v) is 7.91. The first kappa shape index (κ1) is 19.8. The molecule has 154 valence electrons. The molecule has 1 atom stereocenters. The number of para-hydroxylation sites is 2. The third-order valence-corrected chi connectivity index (χ3v) is 5.91. The number of hydrogen-bond donors (Lipinski definition) is 1. The molecule has 0 aliphatic heterocycles. The summed E-state index contributed by atoms with van der Waals surface area (Å²) >= 11 is 0. The Hall–Kier alpha value is -2.53. The van der Waals surface area contributed by atoms with Crippen LogP contribution in [0.4, 0.5) is 0 Å². The van der Waals surface area contributed by atoms with Gasteiger partial charge >= 0.3 is 6.08 Å². The number of nitrogens with zero attached hydrogens (tertiary/aromatic N) is 1. The van der Waals surface area contributed by atoms with Crippen LogP contribution < -0.4 is 15.2 Å². The Bertz CT molecular complexity index is 852. The molecular formula is C24H30N2O3. The van der Waals surface area contributed by atoms with Gasteiger partial charge in [-0.05, 0) is 67.6 Å². The number of hydrogen-bond acceptors (Lipinski definition) is 5. The minimum atomic E-state index is 0.246. The van der Waals surface area contributed by atoms with Gasteiger partial charge in [0.1, 0.15) is 17.0 Å². The largest absolute Gasteiger partial charge is 0.494 e. The van der Waals surface area contributed by atoms with Gasteiger partial charge in [0.25, 0.3) is 0 Å². The Morgan fingerprint density at radius 1 is 1.00 bits per heavy atom. The topological polar surface area (TPSA) is 70.5 Å². The third kappa shape index (κ3) is 5.30. The van der Waals surface area contributed by atoms with E-state index in [1.165, 1.54) is 32.1 Å². The average molecular weight is 395 g/mol. The van der Waals surface area contributed by atoms with Gasteiger partial charge in [-0.3, -0.25) is 0 Å². The summed E-state index contributed by atoms with van der Waals surface area (Å²) in [6, 6.07) is 15.2. The Kier molecular flexibility index (Phi) is 6.67. The molecule has 1 aromatic heterocycles. The Morgan fingerprint density at radius 2 is 1.76 bits per heavy atom. The minimum Gasteiger partial charge on any atom is -0.494 e. The van der Waals surface area contributed by atoms with Crippen molar-refractivity contribution in [3.63, 3.8) is 0 Å². The summed E-state index contributed by atoms with van der Waals surface area (Å²) in [6.45, 7) is 1.51. The van der Waals surface area contributed by atoms with E-state index in [4.69, 9.17) is 19.6 Å². The predicted octanol–water partition coefficient (Wildman–Crippen LogP) is 5.93. The summed E-state index contributed by atoms with van der Waals surface area (Å²) in [5.74, 6) is 2.98. The van der Waals surface area contributed by atoms with Crippen LogP contribution in [0.5, 0.6) is 17.6 Å². The highest BCUT2D eigenvalue weighted by molar-refractivity contribution is 5.72. The molecule has 1 aliphatic carbocycles. The molecule has 0 spiro atoms. The SMILES string of the molecule is NCC(CCCOc1ccc(Oc2nc3ccccc3o2)cc1)C1CCCCC1. The fourth-order valence-electron chi connectivity index (χ4n) is 4.29. The van der Waals surface area contributed by atoms with Crippen molar-refractivity contribution >= 4 is 11.1 Å². The maximum absolute atomic E-state index is 6.03. The van der Waals surface area contributed by atoms with Crippen LogP contribution in [0, 0.1) is 11.8 Å². The van der Waals surface area contributed by atoms with E-state index in [0.29, 0.717) is 23.9 Å². The van der Waals surface area contributed by atoms with Gasteiger partial charge in [-0.15, -0.1) is 0 Å². The molecule has 1 fully saturated rings. The molecule has 0 bridgehead atoms. The molecule has 1 aliphatic rings. The fourth-order valence-corrected chi connectivity index (χ4v) is 4.29. The average Bonchev–Trinajstić information content (AvgIpc) is 3.18. The molecule has 0 amide bonds. The first-order valence-corrected chi connectivity index (χ1v) is 10.8. The fraction of sp³-hybridized carbons (Fsp3) is 0.458. The van der Waals surface area contributed by atoms with Crippen molar-refractivity contribution in [1.29, 1.82) is 0 Å². The van der Waals surface area contributed by atoms with Crippen LogP contribution in [0.15, 0.2) is 52.9 Å². The third-order valence-electron chi connectivity index (χ3n) is 5.91. The lowest BCUT2D eigenvalue weighted by atomic mass is 9.78. The van der Waals surface area contributed by atoms with Gasteiger partial charge in [-0.1, -0.05) is 44.2 Å². The standard InChI is InChI=1S/C24H30N2O3/c25-17-19(18-7-2-1-3-8-18)9-6-16-27-20-12-14-21(15-13-20)28-24-26-22-10-4-5-11-23(22)29-24/h4-5,10-15,18-19H,1-3,6-9,16-17,25H2. The lowest BCUT2D eigenvalue weighted by Gasteiger charge is -2.29. The normalized spacial score (nSPS) is 16.0. The Balaban J connectivity index is 1.23. The van der Waals surface area contributed by atoms with Crippen LogP contribution in [0.1, 0.15) is 44.9 Å². The lowest BCUT2D eigenvalue weighted by Crippen LogP contribution is -2.25. The van der Waals surface area contributed by atoms with E-state index < -0.39 is 0 Å². The molecule has 1 heterocycles. The summed E-state index contributed by atoms with van der Waals surface area (Å²) in [6.07, 6.45) is 9.28. The maximum Gasteiger partial charge on any atom is 0.400 e. The molecule has 5 nitrogen and oxygen atoms in total. The minimum absolute atomic E-state index is 0.246. The molecule has 2 N–H and O–H groups in total. The van der Waals surface area contributed by atoms with Crippen molar-refractivity contribution < 1.29 is 13.9 Å². The molecule has 3 aromatic rings. The molecule has 5 heteroatoms. The molecule has 29 heavy (non-hydrogen) atoms. The molecule has 4 rings (SSSR count). The van der Waals surface area contributed by atoms with Crippen molar-refractivity contribution in [2.45, 2.75) is 44.9 Å². The maximum atomic E-state index is 6.03. The van der Waals surface area contributed by atoms with E-state index in [2.05, 4.69) is 4.98 Å². The first-order valence-electron chi connectivity index (χ1n) is 10.8. The quantitative estimate of drug-likeness (QED) is 0.455. The Morgan fingerprint density at radius 3 is 2.52 bits per heavy atom. The van der Waals surface area contributed by atoms with Crippen molar-refractivity contribution in [3.8, 4) is 17.6 Å². The van der Waals surface area contributed by atoms with Crippen LogP contribution in [0.2, 0.25) is 0 Å². The van der Waals surface area contributed by atoms with Crippen molar-refractivity contribution in [2.24, 2.45) is 17.6 Å². The van der Waals surface area contributed by atoms with Gasteiger partial charge in [0.15, 0.2) is 5.58 Å². The van der Waals surface area contributed by atoms with Gasteiger partial charge in [-0.2, -0.15) is 4.98 Å². The van der Waals surface area contributed by atoms with Crippen LogP contribution in [0.25, 0.3) is 11.1 Å². The van der Waals surface area contributed by atoms with Gasteiger partial charge in [-0.25, -0.2) is 0 Å². The smallest absolute Gasteiger partial charge is 0.400 e. The number of ether oxygens (including phenoxy) is 2. The summed E-state index contributed by atoms with van der Waals surface area (Å²) in [4.78, 5) is 4.32. The van der Waals surface area contributed by atoms with Crippen LogP contribution in [-0.2, 0) is 0 Å². The van der Waals surface area contributed by atoms with E-state index in [9.17, 15) is 0 Å². The number of aromatic nitrogens is 1. The predicted molar refractivity (Wildman–Crippen MR) is 114 cm³/mol. The van der Waals surface area contributed by atoms with E-state index in [0.717, 1.165) is 36.6 Å². The molecule has 2 aromatic carbocycles. The zero-order valence-electron chi connectivity index (χ0n) is 16.9. The first-order chi connectivity index (χ1) is 14.3. The van der Waals surface area contributed by atoms with E-state index in [-0.39, 0.29) is 6.08 Å². The van der Waals surface area contributed by atoms with Crippen LogP contribution >= 0.6 is 0 Å². The highest BCUT2D eigenvalue weighted by Gasteiger charge is 2.22. The van der Waals surface area contributed by atoms with Gasteiger partial charge in [0.2, 0.25) is 0 Å². The second kappa shape index (κ2) is 9.79. The molecule has 0 saturated heterocycles. The highest BCUT2D eigenvalue weighted by atomic mass is 16.6. The molecule has 0 radical (unpaired) electrons. The lowest BCUT2D eigenvalue weighted by molar-refractivity contribution is 0.220. The van der Waals surface area contributed by atoms with E-state index in [1.807, 2.05) is 48.5 Å². The number of fused-ring (bicyclic) bond motifs is 1. The summed E-state index contributed by atoms with van der Waals surface area (Å²) in [5.41, 5.74) is 7.53. The van der Waals surface area contributed by atoms with Gasteiger partial charge in [0.05, 0.1) is 6.61 Å². The van der Waals surface area contributed by atoms with E-state index >= 15 is 0 Å². The van der Waals surface area contributed by atoms with Gasteiger partial charge in [0, 0.05) is 0 Å². The van der Waals surface area contributed by atoms with Crippen molar-refractivity contribution in [2.75, 3.05) is 13.2 Å². The summed E-state index contributed by atoms with van der Waals surface area (Å²) in [7, 11) is 0. The van der Waals surface area contributed by atoms with Crippen LogP contribution in [0.3, 0.4) is 0 Å². The van der Waals surface area contributed by atoms with Crippen molar-refractivity contribution in [3.05, 3.63) is 48.5 Å². The molecule has 1 unspecified atom stereocenters. The number of benzene rings is 2. The summed E-state index contributed by atoms with van der Waals surface area (Å²) < 4.78 is 17.2. The second-order valence-electron chi connectivity index (χ2n) is 7.91. The summed E-state index contributed by atoms with van der Waals surface area (Å²) in [5, 5.41) is 0. The van der Waals surface area contributed by atoms with E-state index in [1.54, 1.807) is 0 Å². The monoisotopic (exact) mass is 394 g/mol. The van der Waals surface area contributed by atoms with Gasteiger partial charge < -0.3 is 19.6 Å². The zero-order valence-corrected chi connectivity index (χ0v) is 16.9. The Labute approximate surface area is 172 Å². The number of rotatable bonds is 9. The zero-order chi connectivity index (χ0) is 19.9. The van der Waals surface area contributed by atoms with Crippen LogP contribution in [-0.4, -0.2) is 18.1 Å². The van der Waals surface area contributed by atoms with Crippen molar-refractivity contribution in [1.82, 2.24) is 4.98 Å². The number of nitrogens with two attached hydrogens (primary N) is 1. The number of oxazole rings is 1. The molecule has 1 saturated carbocycles. The molecular weight excluding hydrogens is 364 g/mol.